The van der Waals surface area contributed by atoms with Crippen molar-refractivity contribution in [1.29, 1.82) is 0 Å². The molecule has 1 aliphatic rings. The van der Waals surface area contributed by atoms with Gasteiger partial charge in [0.05, 0.1) is 0 Å². The smallest absolute Gasteiger partial charge is 0.381 e. The highest BCUT2D eigenvalue weighted by Gasteiger charge is 2.16. The van der Waals surface area contributed by atoms with E-state index < -0.39 is 5.76 Å². The Labute approximate surface area is 75.1 Å². The van der Waals surface area contributed by atoms with Gasteiger partial charge in [0.15, 0.2) is 5.82 Å². The van der Waals surface area contributed by atoms with E-state index in [0.717, 1.165) is 32.5 Å². The number of hydrogen-bond donors (Lipinski definition) is 1. The van der Waals surface area contributed by atoms with Crippen molar-refractivity contribution in [2.75, 3.05) is 13.2 Å². The van der Waals surface area contributed by atoms with Crippen LogP contribution in [0.15, 0.2) is 9.32 Å². The van der Waals surface area contributed by atoms with Crippen molar-refractivity contribution in [2.24, 2.45) is 5.92 Å². The van der Waals surface area contributed by atoms with Crippen molar-refractivity contribution < 1.29 is 9.26 Å². The average Bonchev–Trinajstić information content (AvgIpc) is 2.53. The summed E-state index contributed by atoms with van der Waals surface area (Å²) >= 11 is 0. The maximum absolute atomic E-state index is 10.6. The largest absolute Gasteiger partial charge is 0.438 e. The van der Waals surface area contributed by atoms with E-state index in [-0.39, 0.29) is 0 Å². The summed E-state index contributed by atoms with van der Waals surface area (Å²) in [4.78, 5) is 13.2. The van der Waals surface area contributed by atoms with E-state index in [9.17, 15) is 4.79 Å². The summed E-state index contributed by atoms with van der Waals surface area (Å²) in [5.74, 6) is 0.613. The molecule has 72 valence electrons. The monoisotopic (exact) mass is 184 g/mol. The molecule has 0 aliphatic carbocycles. The van der Waals surface area contributed by atoms with Gasteiger partial charge >= 0.3 is 5.76 Å². The minimum absolute atomic E-state index is 0.467. The van der Waals surface area contributed by atoms with Gasteiger partial charge in [0.2, 0.25) is 0 Å². The molecule has 1 unspecified atom stereocenters. The third-order valence-corrected chi connectivity index (χ3v) is 2.22. The van der Waals surface area contributed by atoms with Crippen LogP contribution in [0.2, 0.25) is 0 Å². The van der Waals surface area contributed by atoms with Gasteiger partial charge in [-0.3, -0.25) is 9.51 Å². The van der Waals surface area contributed by atoms with E-state index in [1.807, 2.05) is 0 Å². The SMILES string of the molecule is O=c1[nH]c(CC2CCCOC2)no1. The van der Waals surface area contributed by atoms with Crippen LogP contribution in [0.5, 0.6) is 0 Å². The maximum Gasteiger partial charge on any atom is 0.438 e. The van der Waals surface area contributed by atoms with Gasteiger partial charge in [-0.05, 0) is 18.8 Å². The molecular formula is C8H12N2O3. The Morgan fingerprint density at radius 3 is 3.15 bits per heavy atom. The second-order valence-electron chi connectivity index (χ2n) is 3.33. The molecule has 0 bridgehead atoms. The molecule has 1 N–H and O–H groups in total. The number of aromatic amines is 1. The Balaban J connectivity index is 1.93. The van der Waals surface area contributed by atoms with Crippen LogP contribution < -0.4 is 5.76 Å². The Morgan fingerprint density at radius 2 is 2.54 bits per heavy atom. The van der Waals surface area contributed by atoms with E-state index in [4.69, 9.17) is 4.74 Å². The molecule has 1 aromatic rings. The minimum Gasteiger partial charge on any atom is -0.381 e. The first-order valence-corrected chi connectivity index (χ1v) is 4.47. The van der Waals surface area contributed by atoms with Crippen molar-refractivity contribution in [3.63, 3.8) is 0 Å². The normalized spacial score (nSPS) is 23.2. The summed E-state index contributed by atoms with van der Waals surface area (Å²) in [6, 6.07) is 0. The van der Waals surface area contributed by atoms with E-state index in [2.05, 4.69) is 14.7 Å². The first-order valence-electron chi connectivity index (χ1n) is 4.47. The maximum atomic E-state index is 10.6. The van der Waals surface area contributed by atoms with Crippen molar-refractivity contribution >= 4 is 0 Å². The first-order chi connectivity index (χ1) is 6.34. The molecule has 5 nitrogen and oxygen atoms in total. The number of nitrogens with one attached hydrogen (secondary N) is 1. The molecule has 1 fully saturated rings. The molecule has 13 heavy (non-hydrogen) atoms. The lowest BCUT2D eigenvalue weighted by atomic mass is 9.98. The van der Waals surface area contributed by atoms with Crippen molar-refractivity contribution in [3.05, 3.63) is 16.4 Å². The van der Waals surface area contributed by atoms with E-state index in [1.54, 1.807) is 0 Å². The van der Waals surface area contributed by atoms with Crippen LogP contribution >= 0.6 is 0 Å². The molecular weight excluding hydrogens is 172 g/mol. The van der Waals surface area contributed by atoms with Gasteiger partial charge in [0, 0.05) is 19.6 Å². The predicted molar refractivity (Wildman–Crippen MR) is 44.4 cm³/mol. The van der Waals surface area contributed by atoms with Crippen molar-refractivity contribution in [2.45, 2.75) is 19.3 Å². The summed E-state index contributed by atoms with van der Waals surface area (Å²) in [6.07, 6.45) is 2.97. The van der Waals surface area contributed by atoms with Gasteiger partial charge in [-0.1, -0.05) is 5.16 Å². The standard InChI is InChI=1S/C8H12N2O3/c11-8-9-7(10-13-8)4-6-2-1-3-12-5-6/h6H,1-5H2,(H,9,10,11). The van der Waals surface area contributed by atoms with Crippen LogP contribution in [0.25, 0.3) is 0 Å². The number of nitrogens with zero attached hydrogens (tertiary/aromatic N) is 1. The Morgan fingerprint density at radius 1 is 1.62 bits per heavy atom. The Kier molecular flexibility index (Phi) is 2.44. The molecule has 5 heteroatoms. The van der Waals surface area contributed by atoms with E-state index in [1.165, 1.54) is 0 Å². The summed E-state index contributed by atoms with van der Waals surface area (Å²) in [5.41, 5.74) is 0. The summed E-state index contributed by atoms with van der Waals surface area (Å²) in [6.45, 7) is 1.61. The van der Waals surface area contributed by atoms with Gasteiger partial charge < -0.3 is 4.74 Å². The van der Waals surface area contributed by atoms with Gasteiger partial charge in [0.25, 0.3) is 0 Å². The molecule has 1 saturated heterocycles. The highest BCUT2D eigenvalue weighted by molar-refractivity contribution is 4.82. The molecule has 0 spiro atoms. The average molecular weight is 184 g/mol. The molecule has 1 aliphatic heterocycles. The zero-order valence-electron chi connectivity index (χ0n) is 7.28. The van der Waals surface area contributed by atoms with Crippen molar-refractivity contribution in [3.8, 4) is 0 Å². The molecule has 0 radical (unpaired) electrons. The first kappa shape index (κ1) is 8.50. The molecule has 0 amide bonds. The molecule has 0 aromatic carbocycles. The summed E-state index contributed by atoms with van der Waals surface area (Å²) < 4.78 is 9.71. The highest BCUT2D eigenvalue weighted by Crippen LogP contribution is 2.16. The van der Waals surface area contributed by atoms with Crippen LogP contribution in [0.4, 0.5) is 0 Å². The van der Waals surface area contributed by atoms with Gasteiger partial charge in [0.1, 0.15) is 0 Å². The third-order valence-electron chi connectivity index (χ3n) is 2.22. The predicted octanol–water partition coefficient (Wildman–Crippen LogP) is 0.332. The van der Waals surface area contributed by atoms with Crippen LogP contribution in [0.3, 0.4) is 0 Å². The van der Waals surface area contributed by atoms with Gasteiger partial charge in [-0.25, -0.2) is 4.79 Å². The van der Waals surface area contributed by atoms with Crippen LogP contribution in [0, 0.1) is 5.92 Å². The third kappa shape index (κ3) is 2.18. The zero-order valence-corrected chi connectivity index (χ0v) is 7.28. The number of H-pyrrole nitrogens is 1. The quantitative estimate of drug-likeness (QED) is 0.719. The molecule has 0 saturated carbocycles. The van der Waals surface area contributed by atoms with E-state index >= 15 is 0 Å². The van der Waals surface area contributed by atoms with E-state index in [0.29, 0.717) is 11.7 Å². The second-order valence-corrected chi connectivity index (χ2v) is 3.33. The Bertz CT molecular complexity index is 311. The second kappa shape index (κ2) is 3.74. The number of ether oxygens (including phenoxy) is 1. The fraction of sp³-hybridized carbons (Fsp3) is 0.750. The fourth-order valence-electron chi connectivity index (χ4n) is 1.59. The van der Waals surface area contributed by atoms with Crippen LogP contribution in [0.1, 0.15) is 18.7 Å². The highest BCUT2D eigenvalue weighted by atomic mass is 16.5. The molecule has 1 atom stereocenters. The lowest BCUT2D eigenvalue weighted by Gasteiger charge is -2.20. The Hall–Kier alpha value is -1.10. The summed E-state index contributed by atoms with van der Waals surface area (Å²) in [7, 11) is 0. The van der Waals surface area contributed by atoms with Crippen molar-refractivity contribution in [1.82, 2.24) is 10.1 Å². The van der Waals surface area contributed by atoms with Gasteiger partial charge in [-0.15, -0.1) is 0 Å². The fourth-order valence-corrected chi connectivity index (χ4v) is 1.59. The lowest BCUT2D eigenvalue weighted by molar-refractivity contribution is 0.0541. The number of aromatic nitrogens is 2. The number of hydrogen-bond acceptors (Lipinski definition) is 4. The topological polar surface area (TPSA) is 68.1 Å². The van der Waals surface area contributed by atoms with Crippen LogP contribution in [-0.2, 0) is 11.2 Å². The molecule has 2 rings (SSSR count). The molecule has 2 heterocycles. The summed E-state index contributed by atoms with van der Waals surface area (Å²) in [5, 5.41) is 3.61. The lowest BCUT2D eigenvalue weighted by Crippen LogP contribution is -2.19. The number of rotatable bonds is 2. The molecule has 1 aromatic heterocycles. The van der Waals surface area contributed by atoms with Crippen LogP contribution in [-0.4, -0.2) is 23.4 Å². The zero-order chi connectivity index (χ0) is 9.10. The van der Waals surface area contributed by atoms with Gasteiger partial charge in [-0.2, -0.15) is 0 Å². The minimum atomic E-state index is -0.480.